The summed E-state index contributed by atoms with van der Waals surface area (Å²) in [5.41, 5.74) is 3.16. The van der Waals surface area contributed by atoms with Crippen LogP contribution < -0.4 is 0 Å². The first-order chi connectivity index (χ1) is 7.97. The molecule has 0 saturated heterocycles. The lowest BCUT2D eigenvalue weighted by Gasteiger charge is -2.13. The maximum Gasteiger partial charge on any atom is -0.0276 e. The molecule has 82 valence electrons. The molecule has 0 spiro atoms. The molecule has 16 heavy (non-hydrogen) atoms. The van der Waals surface area contributed by atoms with Gasteiger partial charge in [-0.2, -0.15) is 0 Å². The van der Waals surface area contributed by atoms with E-state index in [0.717, 1.165) is 0 Å². The highest BCUT2D eigenvalue weighted by Crippen LogP contribution is 2.19. The van der Waals surface area contributed by atoms with E-state index in [-0.39, 0.29) is 0 Å². The van der Waals surface area contributed by atoms with Crippen LogP contribution in [-0.4, -0.2) is 0 Å². The Bertz CT molecular complexity index is 352. The van der Waals surface area contributed by atoms with E-state index in [1.807, 2.05) is 36.4 Å². The lowest BCUT2D eigenvalue weighted by atomic mass is 9.92. The van der Waals surface area contributed by atoms with E-state index in [4.69, 9.17) is 0 Å². The van der Waals surface area contributed by atoms with E-state index < -0.39 is 0 Å². The molecule has 0 heteroatoms. The van der Waals surface area contributed by atoms with Crippen LogP contribution in [-0.2, 0) is 12.8 Å². The molecule has 2 aromatic rings. The van der Waals surface area contributed by atoms with E-state index in [1.165, 1.54) is 25.7 Å². The van der Waals surface area contributed by atoms with Crippen molar-refractivity contribution in [2.24, 2.45) is 0 Å². The topological polar surface area (TPSA) is 0 Å². The van der Waals surface area contributed by atoms with Crippen LogP contribution in [0.3, 0.4) is 0 Å². The predicted molar refractivity (Wildman–Crippen MR) is 69.5 cm³/mol. The first kappa shape index (κ1) is 10.9. The van der Waals surface area contributed by atoms with Gasteiger partial charge >= 0.3 is 0 Å². The predicted octanol–water partition coefficient (Wildman–Crippen LogP) is 4.25. The van der Waals surface area contributed by atoms with Crippen LogP contribution in [0.4, 0.5) is 0 Å². The molecule has 2 aromatic carbocycles. The second-order valence-corrected chi connectivity index (χ2v) is 4.13. The van der Waals surface area contributed by atoms with Gasteiger partial charge in [0.25, 0.3) is 0 Å². The Labute approximate surface area is 97.9 Å². The average Bonchev–Trinajstić information content (AvgIpc) is 2.42. The molecule has 0 unspecified atom stereocenters. The summed E-state index contributed by atoms with van der Waals surface area (Å²) in [6.45, 7) is 0. The largest absolute Gasteiger partial charge is 0.0623 e. The molecule has 0 aliphatic heterocycles. The molecule has 0 fully saturated rings. The van der Waals surface area contributed by atoms with Crippen molar-refractivity contribution in [2.75, 3.05) is 0 Å². The van der Waals surface area contributed by atoms with Gasteiger partial charge in [-0.1, -0.05) is 60.7 Å². The number of aryl methyl sites for hydroxylation is 2. The molecule has 0 saturated carbocycles. The van der Waals surface area contributed by atoms with Gasteiger partial charge in [0.15, 0.2) is 0 Å². The van der Waals surface area contributed by atoms with Gasteiger partial charge < -0.3 is 0 Å². The molecule has 1 aliphatic rings. The SMILES string of the molecule is c1ccc2c(c1)CCCC2.c1ccccc1. The van der Waals surface area contributed by atoms with Gasteiger partial charge in [0.05, 0.1) is 0 Å². The van der Waals surface area contributed by atoms with E-state index in [9.17, 15) is 0 Å². The first-order valence-corrected chi connectivity index (χ1v) is 6.03. The van der Waals surface area contributed by atoms with Crippen LogP contribution in [0.2, 0.25) is 0 Å². The van der Waals surface area contributed by atoms with E-state index >= 15 is 0 Å². The first-order valence-electron chi connectivity index (χ1n) is 6.03. The third-order valence-corrected chi connectivity index (χ3v) is 2.93. The highest BCUT2D eigenvalue weighted by Gasteiger charge is 2.05. The standard InChI is InChI=1S/C10H12.C6H6/c1-2-6-10-8-4-3-7-9(10)5-1;1-2-4-6-5-3-1/h1-2,5-6H,3-4,7-8H2;1-6H. The molecule has 0 heterocycles. The molecule has 0 amide bonds. The lowest BCUT2D eigenvalue weighted by Crippen LogP contribution is -2.00. The maximum absolute atomic E-state index is 2.26. The summed E-state index contributed by atoms with van der Waals surface area (Å²) in [4.78, 5) is 0. The smallest absolute Gasteiger partial charge is 0.0276 e. The Kier molecular flexibility index (Phi) is 4.18. The average molecular weight is 210 g/mol. The number of rotatable bonds is 0. The zero-order valence-corrected chi connectivity index (χ0v) is 9.60. The van der Waals surface area contributed by atoms with Gasteiger partial charge in [-0.25, -0.2) is 0 Å². The fraction of sp³-hybridized carbons (Fsp3) is 0.250. The Morgan fingerprint density at radius 3 is 1.25 bits per heavy atom. The molecule has 0 atom stereocenters. The number of benzene rings is 2. The van der Waals surface area contributed by atoms with Crippen molar-refractivity contribution in [2.45, 2.75) is 25.7 Å². The van der Waals surface area contributed by atoms with Crippen LogP contribution in [0.15, 0.2) is 60.7 Å². The van der Waals surface area contributed by atoms with Gasteiger partial charge in [0.2, 0.25) is 0 Å². The quantitative estimate of drug-likeness (QED) is 0.609. The number of hydrogen-bond donors (Lipinski definition) is 0. The molecular weight excluding hydrogens is 192 g/mol. The van der Waals surface area contributed by atoms with Crippen molar-refractivity contribution in [1.29, 1.82) is 0 Å². The summed E-state index contributed by atoms with van der Waals surface area (Å²) in [6, 6.07) is 20.8. The minimum absolute atomic E-state index is 1.30. The summed E-state index contributed by atoms with van der Waals surface area (Å²) in [5, 5.41) is 0. The maximum atomic E-state index is 2.26. The summed E-state index contributed by atoms with van der Waals surface area (Å²) in [6.07, 6.45) is 5.38. The monoisotopic (exact) mass is 210 g/mol. The van der Waals surface area contributed by atoms with Gasteiger partial charge in [-0.05, 0) is 36.8 Å². The Hall–Kier alpha value is -1.56. The fourth-order valence-corrected chi connectivity index (χ4v) is 2.06. The minimum atomic E-state index is 1.30. The van der Waals surface area contributed by atoms with Crippen molar-refractivity contribution in [3.63, 3.8) is 0 Å². The summed E-state index contributed by atoms with van der Waals surface area (Å²) in [5.74, 6) is 0. The molecular formula is C16H18. The molecule has 3 rings (SSSR count). The van der Waals surface area contributed by atoms with Crippen molar-refractivity contribution in [3.05, 3.63) is 71.8 Å². The van der Waals surface area contributed by atoms with E-state index in [0.29, 0.717) is 0 Å². The molecule has 0 aromatic heterocycles. The zero-order valence-electron chi connectivity index (χ0n) is 9.60. The summed E-state index contributed by atoms with van der Waals surface area (Å²) >= 11 is 0. The van der Waals surface area contributed by atoms with E-state index in [2.05, 4.69) is 24.3 Å². The third kappa shape index (κ3) is 3.23. The van der Waals surface area contributed by atoms with Crippen LogP contribution >= 0.6 is 0 Å². The van der Waals surface area contributed by atoms with Crippen LogP contribution in [0.1, 0.15) is 24.0 Å². The highest BCUT2D eigenvalue weighted by molar-refractivity contribution is 5.28. The molecule has 0 N–H and O–H groups in total. The fourth-order valence-electron chi connectivity index (χ4n) is 2.06. The Morgan fingerprint density at radius 2 is 0.875 bits per heavy atom. The Morgan fingerprint density at radius 1 is 0.500 bits per heavy atom. The highest BCUT2D eigenvalue weighted by atomic mass is 14.1. The second kappa shape index (κ2) is 6.12. The van der Waals surface area contributed by atoms with Crippen LogP contribution in [0.25, 0.3) is 0 Å². The normalized spacial score (nSPS) is 13.2. The summed E-state index contributed by atoms with van der Waals surface area (Å²) < 4.78 is 0. The number of hydrogen-bond acceptors (Lipinski definition) is 0. The zero-order chi connectivity index (χ0) is 11.1. The second-order valence-electron chi connectivity index (χ2n) is 4.13. The van der Waals surface area contributed by atoms with Gasteiger partial charge in [0, 0.05) is 0 Å². The molecule has 0 bridgehead atoms. The van der Waals surface area contributed by atoms with Gasteiger partial charge in [-0.3, -0.25) is 0 Å². The third-order valence-electron chi connectivity index (χ3n) is 2.93. The molecule has 1 aliphatic carbocycles. The van der Waals surface area contributed by atoms with E-state index in [1.54, 1.807) is 11.1 Å². The van der Waals surface area contributed by atoms with Crippen LogP contribution in [0, 0.1) is 0 Å². The van der Waals surface area contributed by atoms with Crippen molar-refractivity contribution >= 4 is 0 Å². The molecule has 0 radical (unpaired) electrons. The van der Waals surface area contributed by atoms with Crippen molar-refractivity contribution in [3.8, 4) is 0 Å². The summed E-state index contributed by atoms with van der Waals surface area (Å²) in [7, 11) is 0. The molecule has 0 nitrogen and oxygen atoms in total. The lowest BCUT2D eigenvalue weighted by molar-refractivity contribution is 0.685. The minimum Gasteiger partial charge on any atom is -0.0623 e. The Balaban J connectivity index is 0.000000138. The van der Waals surface area contributed by atoms with Crippen LogP contribution in [0.5, 0.6) is 0 Å². The number of fused-ring (bicyclic) bond motifs is 1. The van der Waals surface area contributed by atoms with Gasteiger partial charge in [0.1, 0.15) is 0 Å². The van der Waals surface area contributed by atoms with Gasteiger partial charge in [-0.15, -0.1) is 0 Å². The van der Waals surface area contributed by atoms with Crippen molar-refractivity contribution < 1.29 is 0 Å². The van der Waals surface area contributed by atoms with Crippen molar-refractivity contribution in [1.82, 2.24) is 0 Å².